The molecule has 0 fully saturated rings. The first-order valence-electron chi connectivity index (χ1n) is 7.92. The predicted molar refractivity (Wildman–Crippen MR) is 96.1 cm³/mol. The van der Waals surface area contributed by atoms with Crippen molar-refractivity contribution in [2.75, 3.05) is 5.32 Å². The molecule has 0 aliphatic rings. The number of benzene rings is 2. The van der Waals surface area contributed by atoms with Gasteiger partial charge in [0.15, 0.2) is 11.2 Å². The van der Waals surface area contributed by atoms with Crippen LogP contribution in [0.25, 0.3) is 11.3 Å². The van der Waals surface area contributed by atoms with Gasteiger partial charge in [0, 0.05) is 29.8 Å². The van der Waals surface area contributed by atoms with Crippen LogP contribution in [0.15, 0.2) is 57.7 Å². The van der Waals surface area contributed by atoms with Crippen LogP contribution in [0.1, 0.15) is 16.1 Å². The second kappa shape index (κ2) is 7.39. The summed E-state index contributed by atoms with van der Waals surface area (Å²) in [6.07, 6.45) is 0. The largest absolute Gasteiger partial charge is 0.460 e. The van der Waals surface area contributed by atoms with Crippen LogP contribution in [-0.4, -0.2) is 10.8 Å². The van der Waals surface area contributed by atoms with Crippen LogP contribution in [0.5, 0.6) is 0 Å². The number of nitro benzene ring substituents is 1. The van der Waals surface area contributed by atoms with Crippen LogP contribution in [0.4, 0.5) is 20.2 Å². The van der Waals surface area contributed by atoms with Crippen molar-refractivity contribution >= 4 is 17.3 Å². The van der Waals surface area contributed by atoms with Gasteiger partial charge in [-0.25, -0.2) is 8.78 Å². The highest BCUT2D eigenvalue weighted by atomic mass is 19.1. The fourth-order valence-corrected chi connectivity index (χ4v) is 2.56. The number of halogens is 2. The average molecular weight is 386 g/mol. The molecular weight excluding hydrogens is 374 g/mol. The molecule has 0 aliphatic heterocycles. The lowest BCUT2D eigenvalue weighted by Crippen LogP contribution is -2.23. The monoisotopic (exact) mass is 386 g/mol. The Labute approximate surface area is 156 Å². The summed E-state index contributed by atoms with van der Waals surface area (Å²) in [5, 5.41) is 13.2. The number of non-ortho nitro benzene ring substituents is 1. The fraction of sp³-hybridized carbons (Fsp3) is 0.0526. The fourth-order valence-electron chi connectivity index (χ4n) is 2.56. The van der Waals surface area contributed by atoms with E-state index in [4.69, 9.17) is 4.42 Å². The standard InChI is InChI=1S/C19H12F2N2O5/c1-10-7-16(24)17(19(25)22-15-6-5-12(20)9-14(15)21)18(28-10)11-3-2-4-13(8-11)23(26)27/h2-9H,1H3,(H,22,25). The molecule has 0 atom stereocenters. The smallest absolute Gasteiger partial charge is 0.270 e. The van der Waals surface area contributed by atoms with Crippen molar-refractivity contribution in [1.82, 2.24) is 0 Å². The molecule has 0 unspecified atom stereocenters. The Hall–Kier alpha value is -3.88. The molecule has 0 aliphatic carbocycles. The number of carbonyl (C=O) groups is 1. The van der Waals surface area contributed by atoms with Gasteiger partial charge in [-0.05, 0) is 19.1 Å². The van der Waals surface area contributed by atoms with Crippen molar-refractivity contribution in [3.05, 3.63) is 91.8 Å². The third kappa shape index (κ3) is 3.78. The normalized spacial score (nSPS) is 10.5. The van der Waals surface area contributed by atoms with Gasteiger partial charge in [0.1, 0.15) is 23.0 Å². The Bertz CT molecular complexity index is 1160. The number of hydrogen-bond donors (Lipinski definition) is 1. The lowest BCUT2D eigenvalue weighted by Gasteiger charge is -2.10. The molecule has 3 aromatic rings. The minimum Gasteiger partial charge on any atom is -0.460 e. The topological polar surface area (TPSA) is 102 Å². The lowest BCUT2D eigenvalue weighted by atomic mass is 10.0. The quantitative estimate of drug-likeness (QED) is 0.538. The lowest BCUT2D eigenvalue weighted by molar-refractivity contribution is -0.384. The van der Waals surface area contributed by atoms with Crippen LogP contribution in [0.2, 0.25) is 0 Å². The van der Waals surface area contributed by atoms with Crippen LogP contribution in [0, 0.1) is 28.7 Å². The van der Waals surface area contributed by atoms with Crippen LogP contribution in [0.3, 0.4) is 0 Å². The molecule has 0 bridgehead atoms. The van der Waals surface area contributed by atoms with Crippen molar-refractivity contribution < 1.29 is 22.9 Å². The highest BCUT2D eigenvalue weighted by Crippen LogP contribution is 2.27. The number of nitrogens with one attached hydrogen (secondary N) is 1. The van der Waals surface area contributed by atoms with Gasteiger partial charge >= 0.3 is 0 Å². The summed E-state index contributed by atoms with van der Waals surface area (Å²) in [7, 11) is 0. The molecule has 7 nitrogen and oxygen atoms in total. The van der Waals surface area contributed by atoms with Crippen molar-refractivity contribution in [2.45, 2.75) is 6.92 Å². The summed E-state index contributed by atoms with van der Waals surface area (Å²) in [4.78, 5) is 35.4. The molecule has 0 saturated heterocycles. The Morgan fingerprint density at radius 3 is 2.57 bits per heavy atom. The van der Waals surface area contributed by atoms with Gasteiger partial charge in [-0.2, -0.15) is 0 Å². The Balaban J connectivity index is 2.11. The maximum Gasteiger partial charge on any atom is 0.270 e. The van der Waals surface area contributed by atoms with E-state index in [1.54, 1.807) is 0 Å². The molecular formula is C19H12F2N2O5. The predicted octanol–water partition coefficient (Wildman–Crippen LogP) is 4.05. The van der Waals surface area contributed by atoms with Gasteiger partial charge in [-0.15, -0.1) is 0 Å². The van der Waals surface area contributed by atoms with Gasteiger partial charge in [0.2, 0.25) is 0 Å². The van der Waals surface area contributed by atoms with E-state index in [-0.39, 0.29) is 28.5 Å². The maximum absolute atomic E-state index is 13.8. The summed E-state index contributed by atoms with van der Waals surface area (Å²) < 4.78 is 32.3. The molecule has 28 heavy (non-hydrogen) atoms. The van der Waals surface area contributed by atoms with Crippen LogP contribution >= 0.6 is 0 Å². The third-order valence-corrected chi connectivity index (χ3v) is 3.80. The highest BCUT2D eigenvalue weighted by molar-refractivity contribution is 6.07. The summed E-state index contributed by atoms with van der Waals surface area (Å²) in [6.45, 7) is 1.48. The molecule has 2 aromatic carbocycles. The Morgan fingerprint density at radius 2 is 1.89 bits per heavy atom. The number of anilines is 1. The third-order valence-electron chi connectivity index (χ3n) is 3.80. The Kier molecular flexibility index (Phi) is 4.99. The molecule has 1 N–H and O–H groups in total. The average Bonchev–Trinajstić information content (AvgIpc) is 2.63. The second-order valence-electron chi connectivity index (χ2n) is 5.81. The zero-order valence-corrected chi connectivity index (χ0v) is 14.4. The number of amides is 1. The molecule has 0 saturated carbocycles. The number of aryl methyl sites for hydroxylation is 1. The molecule has 1 amide bonds. The van der Waals surface area contributed by atoms with E-state index in [1.807, 2.05) is 0 Å². The summed E-state index contributed by atoms with van der Waals surface area (Å²) in [6, 6.07) is 8.78. The van der Waals surface area contributed by atoms with E-state index >= 15 is 0 Å². The van der Waals surface area contributed by atoms with E-state index in [9.17, 15) is 28.5 Å². The number of nitro groups is 1. The number of carbonyl (C=O) groups excluding carboxylic acids is 1. The SMILES string of the molecule is Cc1cc(=O)c(C(=O)Nc2ccc(F)cc2F)c(-c2cccc([N+](=O)[O-])c2)o1. The van der Waals surface area contributed by atoms with Gasteiger partial charge < -0.3 is 9.73 Å². The summed E-state index contributed by atoms with van der Waals surface area (Å²) in [5.41, 5.74) is -1.66. The number of nitrogens with zero attached hydrogens (tertiary/aromatic N) is 1. The molecule has 9 heteroatoms. The van der Waals surface area contributed by atoms with Crippen LogP contribution in [-0.2, 0) is 0 Å². The first-order valence-corrected chi connectivity index (χ1v) is 7.92. The van der Waals surface area contributed by atoms with Crippen LogP contribution < -0.4 is 10.7 Å². The minimum atomic E-state index is -1.03. The van der Waals surface area contributed by atoms with E-state index in [1.165, 1.54) is 25.1 Å². The van der Waals surface area contributed by atoms with E-state index in [0.29, 0.717) is 6.07 Å². The first-order chi connectivity index (χ1) is 13.3. The number of rotatable bonds is 4. The summed E-state index contributed by atoms with van der Waals surface area (Å²) >= 11 is 0. The molecule has 0 radical (unpaired) electrons. The molecule has 0 spiro atoms. The van der Waals surface area contributed by atoms with E-state index in [2.05, 4.69) is 5.32 Å². The summed E-state index contributed by atoms with van der Waals surface area (Å²) in [5.74, 6) is -2.88. The molecule has 1 heterocycles. The van der Waals surface area contributed by atoms with Crippen molar-refractivity contribution in [3.63, 3.8) is 0 Å². The molecule has 142 valence electrons. The number of hydrogen-bond acceptors (Lipinski definition) is 5. The Morgan fingerprint density at radius 1 is 1.14 bits per heavy atom. The van der Waals surface area contributed by atoms with Gasteiger partial charge in [0.05, 0.1) is 10.6 Å². The zero-order chi connectivity index (χ0) is 20.4. The van der Waals surface area contributed by atoms with Crippen molar-refractivity contribution in [3.8, 4) is 11.3 Å². The van der Waals surface area contributed by atoms with Crippen molar-refractivity contribution in [2.24, 2.45) is 0 Å². The maximum atomic E-state index is 13.8. The van der Waals surface area contributed by atoms with E-state index in [0.717, 1.165) is 24.3 Å². The van der Waals surface area contributed by atoms with Gasteiger partial charge in [0.25, 0.3) is 11.6 Å². The molecule has 3 rings (SSSR count). The highest BCUT2D eigenvalue weighted by Gasteiger charge is 2.22. The van der Waals surface area contributed by atoms with Gasteiger partial charge in [-0.1, -0.05) is 12.1 Å². The first kappa shape index (κ1) is 18.9. The van der Waals surface area contributed by atoms with Gasteiger partial charge in [-0.3, -0.25) is 19.7 Å². The second-order valence-corrected chi connectivity index (χ2v) is 5.81. The molecule has 1 aromatic heterocycles. The minimum absolute atomic E-state index is 0.125. The zero-order valence-electron chi connectivity index (χ0n) is 14.4. The van der Waals surface area contributed by atoms with Crippen molar-refractivity contribution in [1.29, 1.82) is 0 Å². The van der Waals surface area contributed by atoms with E-state index < -0.39 is 33.5 Å².